The molecule has 0 radical (unpaired) electrons. The minimum Gasteiger partial charge on any atom is -0.444 e. The van der Waals surface area contributed by atoms with Gasteiger partial charge in [-0.15, -0.1) is 10.2 Å². The third kappa shape index (κ3) is 7.71. The lowest BCUT2D eigenvalue weighted by molar-refractivity contribution is -0.158. The van der Waals surface area contributed by atoms with E-state index < -0.39 is 56.3 Å². The van der Waals surface area contributed by atoms with Gasteiger partial charge in [-0.25, -0.2) is 9.18 Å². The van der Waals surface area contributed by atoms with Crippen molar-refractivity contribution in [1.29, 1.82) is 0 Å². The SMILES string of the molecule is C=S1(=O)C[C@H](NC(=O)OC(C)(C)C)C(=O)N(Cc2ccc(OC(C)(F)F)cc2)c2cc(-c3nnc(C(C)(C)C)o3)c(F)cc21.[HH].[HH]. The molecule has 1 N–H and O–H groups in total. The number of rotatable bonds is 6. The standard InChI is InChI=1S/C30H35F3N4O6S.2H2/c1-28(2,3)26-36-35-24(41-26)19-13-22-23(14-20(19)31)44(8,40)16-21(34-27(39)43-29(4,5)6)25(38)37(22)15-17-9-11-18(12-10-17)42-30(7,32)33;;/h9-14,21H,8,15-16H2,1-7H3,(H,34,39);2*1H/t21-,44?;;/m0../s1. The van der Waals surface area contributed by atoms with Gasteiger partial charge in [0.15, 0.2) is 0 Å². The van der Waals surface area contributed by atoms with Crippen LogP contribution in [-0.4, -0.2) is 55.8 Å². The molecule has 44 heavy (non-hydrogen) atoms. The number of anilines is 1. The summed E-state index contributed by atoms with van der Waals surface area (Å²) in [4.78, 5) is 27.9. The first-order valence-electron chi connectivity index (χ1n) is 13.6. The van der Waals surface area contributed by atoms with E-state index in [2.05, 4.69) is 26.1 Å². The van der Waals surface area contributed by atoms with E-state index in [1.165, 1.54) is 35.2 Å². The molecule has 1 aliphatic heterocycles. The maximum atomic E-state index is 15.6. The fourth-order valence-electron chi connectivity index (χ4n) is 4.36. The Morgan fingerprint density at radius 3 is 2.32 bits per heavy atom. The Morgan fingerprint density at radius 2 is 1.77 bits per heavy atom. The number of amides is 2. The summed E-state index contributed by atoms with van der Waals surface area (Å²) < 4.78 is 71.9. The van der Waals surface area contributed by atoms with Gasteiger partial charge in [0.05, 0.1) is 22.7 Å². The summed E-state index contributed by atoms with van der Waals surface area (Å²) in [5.74, 6) is 1.83. The lowest BCUT2D eigenvalue weighted by Gasteiger charge is -2.27. The predicted octanol–water partition coefficient (Wildman–Crippen LogP) is 6.17. The zero-order chi connectivity index (χ0) is 32.8. The second-order valence-electron chi connectivity index (χ2n) is 12.6. The van der Waals surface area contributed by atoms with Crippen molar-refractivity contribution in [2.75, 3.05) is 10.7 Å². The monoisotopic (exact) mass is 640 g/mol. The predicted molar refractivity (Wildman–Crippen MR) is 163 cm³/mol. The van der Waals surface area contributed by atoms with Gasteiger partial charge in [-0.2, -0.15) is 8.78 Å². The van der Waals surface area contributed by atoms with Crippen molar-refractivity contribution in [3.63, 3.8) is 0 Å². The summed E-state index contributed by atoms with van der Waals surface area (Å²) >= 11 is 0. The van der Waals surface area contributed by atoms with Crippen molar-refractivity contribution < 1.29 is 43.7 Å². The molecule has 0 saturated carbocycles. The normalized spacial score (nSPS) is 19.3. The Hall–Kier alpha value is -4.07. The summed E-state index contributed by atoms with van der Waals surface area (Å²) in [5.41, 5.74) is -1.07. The number of benzene rings is 2. The van der Waals surface area contributed by atoms with E-state index in [0.717, 1.165) is 6.07 Å². The molecule has 0 fully saturated rings. The fraction of sp³-hybridized carbons (Fsp3) is 0.433. The van der Waals surface area contributed by atoms with Gasteiger partial charge in [0.25, 0.3) is 11.8 Å². The Balaban J connectivity index is 0.00000368. The van der Waals surface area contributed by atoms with E-state index in [4.69, 9.17) is 9.15 Å². The number of hydrogen-bond donors (Lipinski definition) is 1. The molecular formula is C30H39F3N4O6S. The van der Waals surface area contributed by atoms with Crippen molar-refractivity contribution >= 4 is 33.1 Å². The van der Waals surface area contributed by atoms with Crippen LogP contribution in [0.1, 0.15) is 62.8 Å². The van der Waals surface area contributed by atoms with E-state index in [9.17, 15) is 22.6 Å². The first-order valence-corrected chi connectivity index (χ1v) is 15.5. The quantitative estimate of drug-likeness (QED) is 0.317. The molecule has 2 atom stereocenters. The van der Waals surface area contributed by atoms with Crippen LogP contribution in [0.4, 0.5) is 23.7 Å². The molecule has 2 heterocycles. The summed E-state index contributed by atoms with van der Waals surface area (Å²) in [6.45, 7) is 10.9. The number of fused-ring (bicyclic) bond motifs is 1. The summed E-state index contributed by atoms with van der Waals surface area (Å²) in [5, 5.41) is 10.5. The Bertz CT molecular complexity index is 1680. The number of aromatic nitrogens is 2. The molecule has 10 nitrogen and oxygen atoms in total. The smallest absolute Gasteiger partial charge is 0.408 e. The first kappa shape index (κ1) is 32.8. The van der Waals surface area contributed by atoms with E-state index in [1.807, 2.05) is 20.8 Å². The van der Waals surface area contributed by atoms with Crippen molar-refractivity contribution in [1.82, 2.24) is 15.5 Å². The number of ether oxygens (including phenoxy) is 2. The second-order valence-corrected chi connectivity index (χ2v) is 15.0. The highest BCUT2D eigenvalue weighted by Crippen LogP contribution is 2.38. The summed E-state index contributed by atoms with van der Waals surface area (Å²) in [6, 6.07) is 6.46. The minimum absolute atomic E-state index is 0. The van der Waals surface area contributed by atoms with Crippen LogP contribution in [0.3, 0.4) is 0 Å². The molecule has 4 rings (SSSR count). The Kier molecular flexibility index (Phi) is 8.55. The molecule has 0 aliphatic carbocycles. The van der Waals surface area contributed by atoms with E-state index in [0.29, 0.717) is 12.5 Å². The second kappa shape index (κ2) is 11.5. The van der Waals surface area contributed by atoms with Crippen molar-refractivity contribution in [3.8, 4) is 17.2 Å². The van der Waals surface area contributed by atoms with Crippen molar-refractivity contribution in [3.05, 3.63) is 53.7 Å². The third-order valence-electron chi connectivity index (χ3n) is 6.29. The van der Waals surface area contributed by atoms with Crippen molar-refractivity contribution in [2.45, 2.75) is 83.1 Å². The summed E-state index contributed by atoms with van der Waals surface area (Å²) in [6.07, 6.45) is -4.33. The van der Waals surface area contributed by atoms with Crippen molar-refractivity contribution in [2.24, 2.45) is 0 Å². The number of nitrogens with zero attached hydrogens (tertiary/aromatic N) is 3. The van der Waals surface area contributed by atoms with Gasteiger partial charge in [0.2, 0.25) is 5.89 Å². The molecule has 2 aromatic carbocycles. The minimum atomic E-state index is -3.40. The van der Waals surface area contributed by atoms with Crippen LogP contribution >= 0.6 is 0 Å². The molecule has 14 heteroatoms. The number of hydrogen-bond acceptors (Lipinski definition) is 8. The van der Waals surface area contributed by atoms with Gasteiger partial charge in [-0.3, -0.25) is 9.00 Å². The Morgan fingerprint density at radius 1 is 1.14 bits per heavy atom. The zero-order valence-corrected chi connectivity index (χ0v) is 26.3. The fourth-order valence-corrected chi connectivity index (χ4v) is 6.17. The van der Waals surface area contributed by atoms with Crippen LogP contribution < -0.4 is 15.0 Å². The van der Waals surface area contributed by atoms with Gasteiger partial charge >= 0.3 is 12.2 Å². The average molecular weight is 641 g/mol. The molecule has 2 amide bonds. The zero-order valence-electron chi connectivity index (χ0n) is 25.5. The lowest BCUT2D eigenvalue weighted by Crippen LogP contribution is -2.51. The van der Waals surface area contributed by atoms with Crippen LogP contribution in [0.25, 0.3) is 11.5 Å². The molecule has 1 aliphatic rings. The Labute approximate surface area is 256 Å². The summed E-state index contributed by atoms with van der Waals surface area (Å²) in [7, 11) is -3.38. The van der Waals surface area contributed by atoms with Gasteiger partial charge in [-0.05, 0) is 56.5 Å². The molecule has 1 unspecified atom stereocenters. The highest BCUT2D eigenvalue weighted by Gasteiger charge is 2.38. The van der Waals surface area contributed by atoms with Gasteiger partial charge in [-0.1, -0.05) is 32.9 Å². The van der Waals surface area contributed by atoms with Crippen LogP contribution in [-0.2, 0) is 31.0 Å². The van der Waals surface area contributed by atoms with Crippen LogP contribution in [0, 0.1) is 5.82 Å². The van der Waals surface area contributed by atoms with Crippen LogP contribution in [0.15, 0.2) is 45.7 Å². The van der Waals surface area contributed by atoms with Crippen LogP contribution in [0.5, 0.6) is 5.75 Å². The maximum absolute atomic E-state index is 15.6. The maximum Gasteiger partial charge on any atom is 0.408 e. The number of halogens is 3. The third-order valence-corrected chi connectivity index (χ3v) is 8.29. The number of carbonyl (C=O) groups excluding carboxylic acids is 2. The molecule has 0 spiro atoms. The first-order chi connectivity index (χ1) is 20.1. The number of carbonyl (C=O) groups is 2. The molecule has 242 valence electrons. The molecule has 3 aromatic rings. The molecule has 1 aromatic heterocycles. The number of alkyl carbamates (subject to hydrolysis) is 1. The highest BCUT2D eigenvalue weighted by atomic mass is 32.2. The van der Waals surface area contributed by atoms with Gasteiger partial charge in [0.1, 0.15) is 23.2 Å². The van der Waals surface area contributed by atoms with E-state index in [-0.39, 0.29) is 43.1 Å². The highest BCUT2D eigenvalue weighted by molar-refractivity contribution is 8.00. The topological polar surface area (TPSA) is 124 Å². The largest absolute Gasteiger partial charge is 0.444 e. The van der Waals surface area contributed by atoms with Gasteiger partial charge < -0.3 is 24.1 Å². The van der Waals surface area contributed by atoms with E-state index in [1.54, 1.807) is 20.8 Å². The van der Waals surface area contributed by atoms with Gasteiger partial charge in [0, 0.05) is 30.5 Å². The average Bonchev–Trinajstić information content (AvgIpc) is 3.34. The molecule has 0 bridgehead atoms. The van der Waals surface area contributed by atoms with E-state index >= 15 is 4.39 Å². The van der Waals surface area contributed by atoms with Crippen LogP contribution in [0.2, 0.25) is 0 Å². The molecule has 0 saturated heterocycles. The lowest BCUT2D eigenvalue weighted by atomic mass is 9.97. The number of nitrogens with one attached hydrogen (secondary N) is 1. The molecular weight excluding hydrogens is 601 g/mol. The number of alkyl halides is 2.